The van der Waals surface area contributed by atoms with E-state index in [1.165, 1.54) is 88.4 Å². The first kappa shape index (κ1) is 48.6. The van der Waals surface area contributed by atoms with Gasteiger partial charge in [0.15, 0.2) is 0 Å². The Hall–Kier alpha value is -2.43. The van der Waals surface area contributed by atoms with E-state index in [0.29, 0.717) is 13.0 Å². The molecule has 2 aromatic rings. The predicted octanol–water partition coefficient (Wildman–Crippen LogP) is 13.7. The molecule has 2 N–H and O–H groups in total. The van der Waals surface area contributed by atoms with Crippen LogP contribution in [0, 0.1) is 17.8 Å². The molecule has 1 aliphatic heterocycles. The first-order valence-corrected chi connectivity index (χ1v) is 25.9. The first-order valence-electron chi connectivity index (χ1n) is 23.6. The fourth-order valence-electron chi connectivity index (χ4n) is 9.95. The average Bonchev–Trinajstić information content (AvgIpc) is 3.26. The number of fused-ring (bicyclic) bond motifs is 2. The normalized spacial score (nSPS) is 23.7. The molecule has 334 valence electrons. The van der Waals surface area contributed by atoms with E-state index in [4.69, 9.17) is 24.2 Å². The molecule has 0 spiro atoms. The third kappa shape index (κ3) is 13.5. The van der Waals surface area contributed by atoms with E-state index in [2.05, 4.69) is 50.1 Å². The van der Waals surface area contributed by atoms with Gasteiger partial charge in [-0.3, -0.25) is 0 Å². The van der Waals surface area contributed by atoms with Crippen molar-refractivity contribution in [2.24, 2.45) is 22.9 Å². The summed E-state index contributed by atoms with van der Waals surface area (Å²) < 4.78 is 21.0. The Morgan fingerprint density at radius 1 is 0.817 bits per heavy atom. The summed E-state index contributed by atoms with van der Waals surface area (Å²) in [6.45, 7) is 7.12. The van der Waals surface area contributed by atoms with Crippen molar-refractivity contribution in [3.63, 3.8) is 0 Å². The molecule has 1 fully saturated rings. The third-order valence-electron chi connectivity index (χ3n) is 12.9. The van der Waals surface area contributed by atoms with Crippen LogP contribution >= 0.6 is 23.5 Å². The van der Waals surface area contributed by atoms with Crippen LogP contribution in [0.25, 0.3) is 0 Å². The second-order valence-electron chi connectivity index (χ2n) is 17.2. The third-order valence-corrected chi connectivity index (χ3v) is 15.1. The largest absolute Gasteiger partial charge is 0.460 e. The van der Waals surface area contributed by atoms with Crippen LogP contribution in [0.1, 0.15) is 153 Å². The standard InChI is InChI=1S/C51H77NO6S2/c1-5-7-8-9-10-11-12-13-14-15-16-17-18-23-35-60-48-38-46(52-55-3)44-36-39(24-19-21-32-53)43(25-20-22-33-54)49-45-37-41(57-40-26-29-42(59-4)30-27-40)28-31-47(45)58-51(48,50(44)49)56-34-6-2/h6,26-31,36-37,39,43,48-50,53-54H,2,5,7-25,32-35,38H2,1,3-4H3. The summed E-state index contributed by atoms with van der Waals surface area (Å²) >= 11 is 3.69. The summed E-state index contributed by atoms with van der Waals surface area (Å²) in [6, 6.07) is 14.6. The molecule has 1 heterocycles. The molecule has 6 unspecified atom stereocenters. The molecule has 7 nitrogen and oxygen atoms in total. The molecule has 6 atom stereocenters. The lowest BCUT2D eigenvalue weighted by molar-refractivity contribution is -0.223. The van der Waals surface area contributed by atoms with Crippen LogP contribution in [0.5, 0.6) is 17.2 Å². The van der Waals surface area contributed by atoms with E-state index >= 15 is 0 Å². The van der Waals surface area contributed by atoms with Crippen molar-refractivity contribution in [2.45, 2.75) is 164 Å². The van der Waals surface area contributed by atoms with Crippen molar-refractivity contribution in [1.29, 1.82) is 0 Å². The minimum atomic E-state index is -0.938. The van der Waals surface area contributed by atoms with Crippen LogP contribution in [0.2, 0.25) is 0 Å². The number of aliphatic hydroxyl groups excluding tert-OH is 2. The zero-order valence-electron chi connectivity index (χ0n) is 37.3. The summed E-state index contributed by atoms with van der Waals surface area (Å²) in [5, 5.41) is 24.5. The number of benzene rings is 2. The summed E-state index contributed by atoms with van der Waals surface area (Å²) in [6.07, 6.45) is 31.3. The van der Waals surface area contributed by atoms with E-state index < -0.39 is 5.79 Å². The molecule has 9 heteroatoms. The van der Waals surface area contributed by atoms with Gasteiger partial charge in [-0.05, 0) is 104 Å². The van der Waals surface area contributed by atoms with Gasteiger partial charge < -0.3 is 29.3 Å². The molecule has 2 aliphatic carbocycles. The van der Waals surface area contributed by atoms with Crippen LogP contribution in [0.3, 0.4) is 0 Å². The monoisotopic (exact) mass is 864 g/mol. The van der Waals surface area contributed by atoms with Crippen molar-refractivity contribution in [1.82, 2.24) is 0 Å². The number of unbranched alkanes of at least 4 members (excludes halogenated alkanes) is 15. The second kappa shape index (κ2) is 26.9. The second-order valence-corrected chi connectivity index (χ2v) is 19.4. The molecule has 2 aromatic carbocycles. The Balaban J connectivity index is 1.39. The Labute approximate surface area is 371 Å². The van der Waals surface area contributed by atoms with Crippen molar-refractivity contribution in [3.05, 3.63) is 72.3 Å². The van der Waals surface area contributed by atoms with E-state index in [1.54, 1.807) is 18.9 Å². The molecule has 60 heavy (non-hydrogen) atoms. The van der Waals surface area contributed by atoms with E-state index in [-0.39, 0.29) is 42.1 Å². The minimum absolute atomic E-state index is 0.0129. The first-order chi connectivity index (χ1) is 29.5. The average molecular weight is 864 g/mol. The lowest BCUT2D eigenvalue weighted by Crippen LogP contribution is -2.64. The molecule has 0 amide bonds. The summed E-state index contributed by atoms with van der Waals surface area (Å²) in [4.78, 5) is 6.81. The maximum atomic E-state index is 9.92. The molecule has 0 saturated heterocycles. The molecule has 0 aromatic heterocycles. The van der Waals surface area contributed by atoms with Crippen LogP contribution in [0.4, 0.5) is 0 Å². The van der Waals surface area contributed by atoms with Gasteiger partial charge in [0.05, 0.1) is 23.5 Å². The smallest absolute Gasteiger partial charge is 0.230 e. The van der Waals surface area contributed by atoms with Gasteiger partial charge in [0, 0.05) is 36.0 Å². The molecule has 1 saturated carbocycles. The predicted molar refractivity (Wildman–Crippen MR) is 253 cm³/mol. The highest BCUT2D eigenvalue weighted by Crippen LogP contribution is 2.62. The molecule has 5 rings (SSSR count). The van der Waals surface area contributed by atoms with Gasteiger partial charge in [-0.1, -0.05) is 121 Å². The highest BCUT2D eigenvalue weighted by atomic mass is 32.2. The van der Waals surface area contributed by atoms with E-state index in [9.17, 15) is 10.2 Å². The summed E-state index contributed by atoms with van der Waals surface area (Å²) in [7, 11) is 1.65. The van der Waals surface area contributed by atoms with Gasteiger partial charge in [0.25, 0.3) is 0 Å². The number of rotatable bonds is 31. The lowest BCUT2D eigenvalue weighted by atomic mass is 9.56. The van der Waals surface area contributed by atoms with Gasteiger partial charge in [0.1, 0.15) is 24.4 Å². The highest BCUT2D eigenvalue weighted by molar-refractivity contribution is 8.00. The van der Waals surface area contributed by atoms with Crippen molar-refractivity contribution >= 4 is 29.2 Å². The maximum Gasteiger partial charge on any atom is 0.230 e. The summed E-state index contributed by atoms with van der Waals surface area (Å²) in [5.41, 5.74) is 3.28. The highest BCUT2D eigenvalue weighted by Gasteiger charge is 2.63. The number of hydrogen-bond donors (Lipinski definition) is 2. The van der Waals surface area contributed by atoms with E-state index in [0.717, 1.165) is 84.8 Å². The fourth-order valence-corrected chi connectivity index (χ4v) is 11.8. The zero-order chi connectivity index (χ0) is 42.4. The Kier molecular flexibility index (Phi) is 21.8. The number of allylic oxidation sites excluding steroid dienone is 1. The SMILES string of the molecule is C=CCOC12Oc3ccc(Oc4ccc(SC)cc4)cc3C3C(CCCCO)C(CCCCO)C=C(C(=NOC)CC1SCCCCCCCCCCCCCCCC)C32. The van der Waals surface area contributed by atoms with Gasteiger partial charge in [-0.25, -0.2) is 0 Å². The van der Waals surface area contributed by atoms with Crippen molar-refractivity contribution in [2.75, 3.05) is 38.9 Å². The maximum absolute atomic E-state index is 9.92. The Morgan fingerprint density at radius 3 is 2.07 bits per heavy atom. The lowest BCUT2D eigenvalue weighted by Gasteiger charge is -2.58. The molecular formula is C51H77NO6S2. The Bertz CT molecular complexity index is 1600. The molecule has 0 bridgehead atoms. The van der Waals surface area contributed by atoms with E-state index in [1.807, 2.05) is 36.0 Å². The zero-order valence-corrected chi connectivity index (χ0v) is 38.9. The van der Waals surface area contributed by atoms with Gasteiger partial charge in [0.2, 0.25) is 5.79 Å². The van der Waals surface area contributed by atoms with Crippen molar-refractivity contribution in [3.8, 4) is 17.2 Å². The van der Waals surface area contributed by atoms with Crippen LogP contribution in [-0.4, -0.2) is 65.9 Å². The Morgan fingerprint density at radius 2 is 1.45 bits per heavy atom. The minimum Gasteiger partial charge on any atom is -0.460 e. The van der Waals surface area contributed by atoms with Crippen LogP contribution in [-0.2, 0) is 9.57 Å². The molecule has 3 aliphatic rings. The number of ether oxygens (including phenoxy) is 3. The summed E-state index contributed by atoms with van der Waals surface area (Å²) in [5.74, 6) is 2.94. The van der Waals surface area contributed by atoms with Crippen molar-refractivity contribution < 1.29 is 29.3 Å². The number of nitrogens with zero attached hydrogens (tertiary/aromatic N) is 1. The number of oxime groups is 1. The number of aliphatic hydroxyl groups is 2. The fraction of sp³-hybridized carbons (Fsp3) is 0.667. The van der Waals surface area contributed by atoms with Gasteiger partial charge in [-0.15, -0.1) is 18.3 Å². The van der Waals surface area contributed by atoms with Gasteiger partial charge in [-0.2, -0.15) is 11.8 Å². The topological polar surface area (TPSA) is 89.7 Å². The number of thioether (sulfide) groups is 2. The van der Waals surface area contributed by atoms with Crippen LogP contribution in [0.15, 0.2) is 76.8 Å². The van der Waals surface area contributed by atoms with Crippen LogP contribution < -0.4 is 9.47 Å². The molecule has 0 radical (unpaired) electrons. The number of hydrogen-bond acceptors (Lipinski definition) is 9. The van der Waals surface area contributed by atoms with Gasteiger partial charge >= 0.3 is 0 Å². The quantitative estimate of drug-likeness (QED) is 0.0335. The molecular weight excluding hydrogens is 787 g/mol.